The topological polar surface area (TPSA) is 122 Å². The van der Waals surface area contributed by atoms with Gasteiger partial charge in [0.2, 0.25) is 10.0 Å². The molecule has 2 aromatic heterocycles. The number of halogens is 1. The number of nitrogens with one attached hydrogen (secondary N) is 1. The summed E-state index contributed by atoms with van der Waals surface area (Å²) in [5.74, 6) is 0.502. The first-order valence-corrected chi connectivity index (χ1v) is 11.2. The molecule has 3 aromatic rings. The van der Waals surface area contributed by atoms with E-state index >= 15 is 0 Å². The maximum atomic E-state index is 12.7. The summed E-state index contributed by atoms with van der Waals surface area (Å²) in [5.41, 5.74) is 1.17. The zero-order valence-electron chi connectivity index (χ0n) is 15.1. The monoisotopic (exact) mass is 455 g/mol. The van der Waals surface area contributed by atoms with Gasteiger partial charge in [0.05, 0.1) is 17.4 Å². The quantitative estimate of drug-likeness (QED) is 0.536. The number of hydrogen-bond acceptors (Lipinski definition) is 5. The van der Waals surface area contributed by atoms with E-state index < -0.39 is 16.2 Å². The second-order valence-electron chi connectivity index (χ2n) is 6.42. The van der Waals surface area contributed by atoms with Crippen LogP contribution in [0.25, 0.3) is 5.00 Å². The molecule has 1 saturated carbocycles. The van der Waals surface area contributed by atoms with Crippen LogP contribution in [0.4, 0.5) is 4.79 Å². The smallest absolute Gasteiger partial charge is 0.450 e. The average Bonchev–Trinajstić information content (AvgIpc) is 3.05. The van der Waals surface area contributed by atoms with E-state index in [0.29, 0.717) is 10.0 Å². The molecule has 154 valence electrons. The van der Waals surface area contributed by atoms with E-state index in [1.807, 2.05) is 30.3 Å². The molecule has 0 radical (unpaired) electrons. The highest BCUT2D eigenvalue weighted by Crippen LogP contribution is 2.48. The first-order chi connectivity index (χ1) is 13.7. The molecule has 0 bridgehead atoms. The maximum absolute atomic E-state index is 12.7. The first kappa shape index (κ1) is 21.3. The fraction of sp³-hybridized carbons (Fsp3) is 0.222. The lowest BCUT2D eigenvalue weighted by Crippen LogP contribution is -2.27. The van der Waals surface area contributed by atoms with Crippen LogP contribution in [0.15, 0.2) is 59.1 Å². The number of carbonyl (C=O) groups is 1. The molecule has 0 saturated heterocycles. The van der Waals surface area contributed by atoms with Crippen LogP contribution in [0.5, 0.6) is 0 Å². The molecule has 1 fully saturated rings. The minimum Gasteiger partial charge on any atom is -0.450 e. The lowest BCUT2D eigenvalue weighted by Gasteiger charge is -2.04. The molecular weight excluding hydrogens is 438 g/mol. The summed E-state index contributed by atoms with van der Waals surface area (Å²) >= 11 is 7.03. The van der Waals surface area contributed by atoms with Crippen LogP contribution in [0.3, 0.4) is 0 Å². The molecule has 29 heavy (non-hydrogen) atoms. The molecule has 8 nitrogen and oxygen atoms in total. The molecule has 1 aliphatic rings. The number of rotatable bonds is 5. The van der Waals surface area contributed by atoms with E-state index in [0.717, 1.165) is 0 Å². The SMILES string of the molecule is C[C@H]1[C@H](NS(=O)(=O)c2ccc(-n3cc(Cl)cn3)s2)[C@H]1c1ccccc1.O=C(O)O. The second-order valence-corrected chi connectivity index (χ2v) is 9.86. The van der Waals surface area contributed by atoms with Gasteiger partial charge >= 0.3 is 6.16 Å². The van der Waals surface area contributed by atoms with E-state index in [9.17, 15) is 8.42 Å². The van der Waals surface area contributed by atoms with Gasteiger partial charge in [-0.3, -0.25) is 0 Å². The molecule has 0 aliphatic heterocycles. The van der Waals surface area contributed by atoms with Crippen molar-refractivity contribution in [2.75, 3.05) is 0 Å². The molecular formula is C18H18ClN3O5S2. The lowest BCUT2D eigenvalue weighted by atomic mass is 10.1. The number of carboxylic acid groups (broad SMARTS) is 2. The second kappa shape index (κ2) is 8.54. The molecule has 4 rings (SSSR count). The zero-order valence-corrected chi connectivity index (χ0v) is 17.5. The largest absolute Gasteiger partial charge is 0.503 e. The van der Waals surface area contributed by atoms with E-state index in [2.05, 4.69) is 16.7 Å². The third-order valence-electron chi connectivity index (χ3n) is 4.46. The van der Waals surface area contributed by atoms with Gasteiger partial charge in [0.15, 0.2) is 0 Å². The van der Waals surface area contributed by atoms with Crippen LogP contribution in [-0.2, 0) is 10.0 Å². The van der Waals surface area contributed by atoms with Gasteiger partial charge in [-0.05, 0) is 23.6 Å². The van der Waals surface area contributed by atoms with Crippen molar-refractivity contribution in [1.29, 1.82) is 0 Å². The van der Waals surface area contributed by atoms with Crippen LogP contribution in [-0.4, -0.2) is 40.6 Å². The Kier molecular flexibility index (Phi) is 6.27. The molecule has 0 amide bonds. The highest BCUT2D eigenvalue weighted by atomic mass is 35.5. The Hall–Kier alpha value is -2.40. The van der Waals surface area contributed by atoms with Gasteiger partial charge in [-0.1, -0.05) is 48.9 Å². The highest BCUT2D eigenvalue weighted by Gasteiger charge is 2.49. The third-order valence-corrected chi connectivity index (χ3v) is 7.68. The minimum atomic E-state index is -3.56. The highest BCUT2D eigenvalue weighted by molar-refractivity contribution is 7.91. The Morgan fingerprint density at radius 1 is 1.21 bits per heavy atom. The Morgan fingerprint density at radius 3 is 2.45 bits per heavy atom. The Morgan fingerprint density at radius 2 is 1.86 bits per heavy atom. The number of sulfonamides is 1. The van der Waals surface area contributed by atoms with Gasteiger partial charge in [0.1, 0.15) is 9.21 Å². The lowest BCUT2D eigenvalue weighted by molar-refractivity contribution is 0.137. The van der Waals surface area contributed by atoms with Crippen molar-refractivity contribution >= 4 is 39.1 Å². The van der Waals surface area contributed by atoms with Crippen molar-refractivity contribution < 1.29 is 23.4 Å². The van der Waals surface area contributed by atoms with E-state index in [-0.39, 0.29) is 22.1 Å². The van der Waals surface area contributed by atoms with Crippen LogP contribution in [0, 0.1) is 5.92 Å². The molecule has 11 heteroatoms. The van der Waals surface area contributed by atoms with Crippen molar-refractivity contribution in [1.82, 2.24) is 14.5 Å². The van der Waals surface area contributed by atoms with Crippen LogP contribution < -0.4 is 4.72 Å². The number of benzene rings is 1. The van der Waals surface area contributed by atoms with Crippen LogP contribution >= 0.6 is 22.9 Å². The summed E-state index contributed by atoms with van der Waals surface area (Å²) in [6, 6.07) is 13.3. The van der Waals surface area contributed by atoms with E-state index in [4.69, 9.17) is 26.6 Å². The van der Waals surface area contributed by atoms with Gasteiger partial charge < -0.3 is 10.2 Å². The van der Waals surface area contributed by atoms with Gasteiger partial charge in [0, 0.05) is 12.0 Å². The summed E-state index contributed by atoms with van der Waals surface area (Å²) in [6.07, 6.45) is 1.33. The third kappa shape index (κ3) is 5.15. The van der Waals surface area contributed by atoms with Gasteiger partial charge in [-0.25, -0.2) is 22.6 Å². The molecule has 2 heterocycles. The van der Waals surface area contributed by atoms with Crippen molar-refractivity contribution in [2.45, 2.75) is 23.1 Å². The fourth-order valence-electron chi connectivity index (χ4n) is 3.07. The Labute approximate surface area is 176 Å². The molecule has 1 aromatic carbocycles. The zero-order chi connectivity index (χ0) is 21.2. The summed E-state index contributed by atoms with van der Waals surface area (Å²) in [7, 11) is -3.56. The number of aromatic nitrogens is 2. The number of thiophene rings is 1. The Bertz CT molecular complexity index is 1090. The number of nitrogens with zero attached hydrogens (tertiary/aromatic N) is 2. The average molecular weight is 456 g/mol. The van der Waals surface area contributed by atoms with Crippen molar-refractivity contribution in [3.05, 3.63) is 65.4 Å². The van der Waals surface area contributed by atoms with Gasteiger partial charge in [0.25, 0.3) is 0 Å². The fourth-order valence-corrected chi connectivity index (χ4v) is 5.80. The summed E-state index contributed by atoms with van der Waals surface area (Å²) in [4.78, 5) is 8.56. The van der Waals surface area contributed by atoms with Crippen molar-refractivity contribution in [2.24, 2.45) is 5.92 Å². The normalized spacial score (nSPS) is 20.6. The van der Waals surface area contributed by atoms with Crippen LogP contribution in [0.2, 0.25) is 5.02 Å². The molecule has 3 atom stereocenters. The summed E-state index contributed by atoms with van der Waals surface area (Å²) in [6.45, 7) is 2.07. The van der Waals surface area contributed by atoms with Crippen molar-refractivity contribution in [3.63, 3.8) is 0 Å². The maximum Gasteiger partial charge on any atom is 0.503 e. The van der Waals surface area contributed by atoms with E-state index in [1.165, 1.54) is 23.1 Å². The van der Waals surface area contributed by atoms with E-state index in [1.54, 1.807) is 23.0 Å². The van der Waals surface area contributed by atoms with Gasteiger partial charge in [-0.15, -0.1) is 11.3 Å². The molecule has 0 unspecified atom stereocenters. The van der Waals surface area contributed by atoms with Gasteiger partial charge in [-0.2, -0.15) is 5.10 Å². The number of hydrogen-bond donors (Lipinski definition) is 3. The standard InChI is InChI=1S/C17H16ClN3O2S2.CH2O3/c1-11-16(12-5-3-2-4-6-12)17(11)20-25(22,23)15-8-7-14(24-15)21-10-13(18)9-19-21;2-1(3)4/h2-11,16-17,20H,1H3;(H2,2,3,4)/t11-,16-,17+;/m1./s1. The predicted molar refractivity (Wildman–Crippen MR) is 110 cm³/mol. The first-order valence-electron chi connectivity index (χ1n) is 8.48. The van der Waals surface area contributed by atoms with Crippen molar-refractivity contribution in [3.8, 4) is 5.00 Å². The molecule has 1 aliphatic carbocycles. The minimum absolute atomic E-state index is 0.0721. The summed E-state index contributed by atoms with van der Waals surface area (Å²) < 4.78 is 30.1. The molecule has 3 N–H and O–H groups in total. The van der Waals surface area contributed by atoms with Crippen LogP contribution in [0.1, 0.15) is 18.4 Å². The summed E-state index contributed by atoms with van der Waals surface area (Å²) in [5, 5.41) is 19.3. The predicted octanol–water partition coefficient (Wildman–Crippen LogP) is 3.89. The molecule has 0 spiro atoms. The Balaban J connectivity index is 0.000000552.